The number of hydrogen-bond acceptors (Lipinski definition) is 3. The standard InChI is InChI=1S/C16H24N2O2/c17-15(9-12-5-2-1-3-6-12)16(20)18-10-13-7-4-8-14(13)11-19/h1-3,5-6,13-15,19H,4,7-11,17H2,(H,18,20)/t13?,14?,15-/m0/s1. The number of benzene rings is 1. The van der Waals surface area contributed by atoms with Gasteiger partial charge in [0.1, 0.15) is 0 Å². The minimum atomic E-state index is -0.508. The van der Waals surface area contributed by atoms with E-state index in [4.69, 9.17) is 5.73 Å². The first-order valence-electron chi connectivity index (χ1n) is 7.38. The third kappa shape index (κ3) is 4.05. The first kappa shape index (κ1) is 15.0. The van der Waals surface area contributed by atoms with Crippen LogP contribution in [0.5, 0.6) is 0 Å². The van der Waals surface area contributed by atoms with E-state index in [2.05, 4.69) is 5.32 Å². The fraction of sp³-hybridized carbons (Fsp3) is 0.562. The molecule has 4 nitrogen and oxygen atoms in total. The van der Waals surface area contributed by atoms with Crippen molar-refractivity contribution in [2.45, 2.75) is 31.7 Å². The molecule has 1 aliphatic carbocycles. The monoisotopic (exact) mass is 276 g/mol. The van der Waals surface area contributed by atoms with Gasteiger partial charge in [0, 0.05) is 13.2 Å². The maximum absolute atomic E-state index is 12.0. The van der Waals surface area contributed by atoms with Crippen molar-refractivity contribution in [3.63, 3.8) is 0 Å². The van der Waals surface area contributed by atoms with Crippen LogP contribution in [0.4, 0.5) is 0 Å². The Bertz CT molecular complexity index is 422. The summed E-state index contributed by atoms with van der Waals surface area (Å²) in [6.07, 6.45) is 3.84. The largest absolute Gasteiger partial charge is 0.396 e. The molecule has 0 saturated heterocycles. The van der Waals surface area contributed by atoms with Crippen LogP contribution >= 0.6 is 0 Å². The molecule has 1 aromatic carbocycles. The molecular weight excluding hydrogens is 252 g/mol. The molecule has 1 saturated carbocycles. The number of rotatable bonds is 6. The summed E-state index contributed by atoms with van der Waals surface area (Å²) in [4.78, 5) is 12.0. The number of amides is 1. The van der Waals surface area contributed by atoms with Crippen molar-refractivity contribution in [3.8, 4) is 0 Å². The third-order valence-corrected chi connectivity index (χ3v) is 4.22. The molecule has 0 radical (unpaired) electrons. The SMILES string of the molecule is N[C@@H](Cc1ccccc1)C(=O)NCC1CCCC1CO. The summed E-state index contributed by atoms with van der Waals surface area (Å²) in [7, 11) is 0. The molecule has 2 unspecified atom stereocenters. The van der Waals surface area contributed by atoms with E-state index in [0.29, 0.717) is 24.8 Å². The number of carbonyl (C=O) groups is 1. The van der Waals surface area contributed by atoms with Crippen LogP contribution in [0.15, 0.2) is 30.3 Å². The van der Waals surface area contributed by atoms with Gasteiger partial charge in [-0.1, -0.05) is 36.8 Å². The predicted octanol–water partition coefficient (Wildman–Crippen LogP) is 1.08. The van der Waals surface area contributed by atoms with Crippen molar-refractivity contribution in [1.29, 1.82) is 0 Å². The average Bonchev–Trinajstić information content (AvgIpc) is 2.93. The Morgan fingerprint density at radius 1 is 1.30 bits per heavy atom. The van der Waals surface area contributed by atoms with Crippen LogP contribution in [0, 0.1) is 11.8 Å². The van der Waals surface area contributed by atoms with Gasteiger partial charge in [0.05, 0.1) is 6.04 Å². The third-order valence-electron chi connectivity index (χ3n) is 4.22. The minimum Gasteiger partial charge on any atom is -0.396 e. The van der Waals surface area contributed by atoms with Gasteiger partial charge in [0.25, 0.3) is 0 Å². The van der Waals surface area contributed by atoms with Crippen LogP contribution in [0.1, 0.15) is 24.8 Å². The Hall–Kier alpha value is -1.39. The lowest BCUT2D eigenvalue weighted by Gasteiger charge is -2.19. The summed E-state index contributed by atoms with van der Waals surface area (Å²) >= 11 is 0. The molecule has 1 aliphatic rings. The Kier molecular flexibility index (Phi) is 5.56. The van der Waals surface area contributed by atoms with E-state index in [1.54, 1.807) is 0 Å². The van der Waals surface area contributed by atoms with Crippen LogP contribution in [0.25, 0.3) is 0 Å². The normalized spacial score (nSPS) is 23.5. The van der Waals surface area contributed by atoms with E-state index < -0.39 is 6.04 Å². The molecule has 1 fully saturated rings. The van der Waals surface area contributed by atoms with Crippen LogP contribution in [-0.4, -0.2) is 30.2 Å². The highest BCUT2D eigenvalue weighted by atomic mass is 16.3. The van der Waals surface area contributed by atoms with Gasteiger partial charge in [-0.25, -0.2) is 0 Å². The fourth-order valence-corrected chi connectivity index (χ4v) is 2.95. The van der Waals surface area contributed by atoms with Gasteiger partial charge in [-0.3, -0.25) is 4.79 Å². The number of nitrogens with two attached hydrogens (primary N) is 1. The van der Waals surface area contributed by atoms with Crippen LogP contribution in [-0.2, 0) is 11.2 Å². The number of aliphatic hydroxyl groups is 1. The molecule has 0 spiro atoms. The maximum atomic E-state index is 12.0. The van der Waals surface area contributed by atoms with Gasteiger partial charge in [-0.15, -0.1) is 0 Å². The smallest absolute Gasteiger partial charge is 0.237 e. The lowest BCUT2D eigenvalue weighted by molar-refractivity contribution is -0.122. The van der Waals surface area contributed by atoms with Gasteiger partial charge >= 0.3 is 0 Å². The van der Waals surface area contributed by atoms with Crippen molar-refractivity contribution in [3.05, 3.63) is 35.9 Å². The molecule has 20 heavy (non-hydrogen) atoms. The van der Waals surface area contributed by atoms with Crippen molar-refractivity contribution >= 4 is 5.91 Å². The summed E-state index contributed by atoms with van der Waals surface area (Å²) in [5.74, 6) is 0.631. The highest BCUT2D eigenvalue weighted by molar-refractivity contribution is 5.81. The van der Waals surface area contributed by atoms with Gasteiger partial charge < -0.3 is 16.2 Å². The van der Waals surface area contributed by atoms with E-state index in [0.717, 1.165) is 24.8 Å². The number of aliphatic hydroxyl groups excluding tert-OH is 1. The van der Waals surface area contributed by atoms with Crippen molar-refractivity contribution in [2.24, 2.45) is 17.6 Å². The van der Waals surface area contributed by atoms with Crippen LogP contribution in [0.2, 0.25) is 0 Å². The lowest BCUT2D eigenvalue weighted by Crippen LogP contribution is -2.44. The summed E-state index contributed by atoms with van der Waals surface area (Å²) in [6, 6.07) is 9.29. The van der Waals surface area contributed by atoms with Crippen molar-refractivity contribution in [1.82, 2.24) is 5.32 Å². The number of nitrogens with one attached hydrogen (secondary N) is 1. The molecule has 2 rings (SSSR count). The highest BCUT2D eigenvalue weighted by Gasteiger charge is 2.27. The zero-order valence-electron chi connectivity index (χ0n) is 11.8. The second-order valence-corrected chi connectivity index (χ2v) is 5.68. The molecule has 0 bridgehead atoms. The van der Waals surface area contributed by atoms with Crippen LogP contribution < -0.4 is 11.1 Å². The quantitative estimate of drug-likeness (QED) is 0.728. The van der Waals surface area contributed by atoms with Crippen LogP contribution in [0.3, 0.4) is 0 Å². The Labute approximate surface area is 120 Å². The highest BCUT2D eigenvalue weighted by Crippen LogP contribution is 2.30. The summed E-state index contributed by atoms with van der Waals surface area (Å²) < 4.78 is 0. The average molecular weight is 276 g/mol. The topological polar surface area (TPSA) is 75.4 Å². The first-order chi connectivity index (χ1) is 9.70. The van der Waals surface area contributed by atoms with E-state index in [9.17, 15) is 9.90 Å². The summed E-state index contributed by atoms with van der Waals surface area (Å²) in [6.45, 7) is 0.850. The molecule has 0 aliphatic heterocycles. The van der Waals surface area contributed by atoms with E-state index >= 15 is 0 Å². The van der Waals surface area contributed by atoms with E-state index in [-0.39, 0.29) is 12.5 Å². The lowest BCUT2D eigenvalue weighted by atomic mass is 9.97. The molecule has 3 atom stereocenters. The Balaban J connectivity index is 1.77. The maximum Gasteiger partial charge on any atom is 0.237 e. The molecule has 0 aromatic heterocycles. The molecule has 0 heterocycles. The Morgan fingerprint density at radius 3 is 2.70 bits per heavy atom. The fourth-order valence-electron chi connectivity index (χ4n) is 2.95. The molecule has 4 N–H and O–H groups in total. The number of carbonyl (C=O) groups excluding carboxylic acids is 1. The second-order valence-electron chi connectivity index (χ2n) is 5.68. The first-order valence-corrected chi connectivity index (χ1v) is 7.38. The minimum absolute atomic E-state index is 0.0996. The van der Waals surface area contributed by atoms with E-state index in [1.807, 2.05) is 30.3 Å². The molecule has 110 valence electrons. The Morgan fingerprint density at radius 2 is 2.00 bits per heavy atom. The van der Waals surface area contributed by atoms with Crippen molar-refractivity contribution in [2.75, 3.05) is 13.2 Å². The van der Waals surface area contributed by atoms with Gasteiger partial charge in [-0.2, -0.15) is 0 Å². The van der Waals surface area contributed by atoms with Gasteiger partial charge in [-0.05, 0) is 36.7 Å². The zero-order valence-corrected chi connectivity index (χ0v) is 11.8. The van der Waals surface area contributed by atoms with Crippen molar-refractivity contribution < 1.29 is 9.90 Å². The van der Waals surface area contributed by atoms with Gasteiger partial charge in [0.15, 0.2) is 0 Å². The molecule has 4 heteroatoms. The predicted molar refractivity (Wildman–Crippen MR) is 79.0 cm³/mol. The van der Waals surface area contributed by atoms with Gasteiger partial charge in [0.2, 0.25) is 5.91 Å². The van der Waals surface area contributed by atoms with E-state index in [1.165, 1.54) is 0 Å². The number of hydrogen-bond donors (Lipinski definition) is 3. The summed E-state index contributed by atoms with van der Waals surface area (Å²) in [5.41, 5.74) is 7.01. The second kappa shape index (κ2) is 7.41. The zero-order chi connectivity index (χ0) is 14.4. The molecule has 1 amide bonds. The molecule has 1 aromatic rings. The summed E-state index contributed by atoms with van der Waals surface area (Å²) in [5, 5.41) is 12.2. The molecular formula is C16H24N2O2.